The Morgan fingerprint density at radius 2 is 1.72 bits per heavy atom. The number of aryl methyl sites for hydroxylation is 1. The van der Waals surface area contributed by atoms with E-state index in [1.807, 2.05) is 31.2 Å². The molecule has 1 atom stereocenters. The van der Waals surface area contributed by atoms with Gasteiger partial charge in [-0.3, -0.25) is 9.69 Å². The number of aromatic hydroxyl groups is 1. The molecule has 0 bridgehead atoms. The van der Waals surface area contributed by atoms with E-state index in [1.54, 1.807) is 24.3 Å². The maximum Gasteiger partial charge on any atom is 0.247 e. The highest BCUT2D eigenvalue weighted by atomic mass is 16.4. The normalized spacial score (nSPS) is 16.6. The Bertz CT molecular complexity index is 971. The van der Waals surface area contributed by atoms with Crippen molar-refractivity contribution in [2.45, 2.75) is 32.7 Å². The lowest BCUT2D eigenvalue weighted by atomic mass is 9.88. The van der Waals surface area contributed by atoms with Crippen LogP contribution in [-0.2, 0) is 0 Å². The minimum absolute atomic E-state index is 0.00595. The second-order valence-corrected chi connectivity index (χ2v) is 7.71. The van der Waals surface area contributed by atoms with E-state index in [-0.39, 0.29) is 23.5 Å². The summed E-state index contributed by atoms with van der Waals surface area (Å²) >= 11 is 0. The molecule has 0 aliphatic carbocycles. The molecule has 150 valence electrons. The summed E-state index contributed by atoms with van der Waals surface area (Å²) in [6.45, 7) is 5.71. The fourth-order valence-corrected chi connectivity index (χ4v) is 3.78. The first kappa shape index (κ1) is 19.3. The summed E-state index contributed by atoms with van der Waals surface area (Å²) in [6, 6.07) is 14.5. The van der Waals surface area contributed by atoms with Crippen molar-refractivity contribution >= 4 is 5.78 Å². The summed E-state index contributed by atoms with van der Waals surface area (Å²) in [7, 11) is 0. The number of piperidine rings is 1. The average molecular weight is 391 g/mol. The number of hydrogen-bond acceptors (Lipinski definition) is 6. The van der Waals surface area contributed by atoms with Gasteiger partial charge in [0.2, 0.25) is 11.8 Å². The molecule has 0 radical (unpaired) electrons. The van der Waals surface area contributed by atoms with Crippen LogP contribution in [0.4, 0.5) is 0 Å². The fraction of sp³-hybridized carbons (Fsp3) is 0.348. The summed E-state index contributed by atoms with van der Waals surface area (Å²) < 4.78 is 5.92. The van der Waals surface area contributed by atoms with Gasteiger partial charge in [-0.1, -0.05) is 17.7 Å². The number of hydrogen-bond donors (Lipinski definition) is 1. The second-order valence-electron chi connectivity index (χ2n) is 7.71. The number of Topliss-reactive ketones (excluding diaryl/α,β-unsaturated/α-hetero) is 1. The molecule has 1 aliphatic rings. The van der Waals surface area contributed by atoms with Crippen LogP contribution < -0.4 is 0 Å². The molecular weight excluding hydrogens is 366 g/mol. The molecule has 1 aromatic heterocycles. The summed E-state index contributed by atoms with van der Waals surface area (Å²) in [4.78, 5) is 15.0. The van der Waals surface area contributed by atoms with Crippen LogP contribution in [0.5, 0.6) is 5.75 Å². The van der Waals surface area contributed by atoms with Gasteiger partial charge in [0, 0.05) is 17.0 Å². The van der Waals surface area contributed by atoms with Crippen molar-refractivity contribution in [3.05, 3.63) is 65.5 Å². The minimum atomic E-state index is 0.00595. The van der Waals surface area contributed by atoms with Crippen LogP contribution >= 0.6 is 0 Å². The van der Waals surface area contributed by atoms with Crippen LogP contribution in [0.1, 0.15) is 47.6 Å². The predicted octanol–water partition coefficient (Wildman–Crippen LogP) is 4.41. The van der Waals surface area contributed by atoms with E-state index in [1.165, 1.54) is 5.56 Å². The summed E-state index contributed by atoms with van der Waals surface area (Å²) in [6.07, 6.45) is 1.59. The number of phenols is 1. The number of phenolic OH excluding ortho intramolecular Hbond substituents is 1. The minimum Gasteiger partial charge on any atom is -0.508 e. The van der Waals surface area contributed by atoms with E-state index in [2.05, 4.69) is 22.0 Å². The number of carbonyl (C=O) groups is 1. The Hall–Kier alpha value is -2.99. The molecule has 0 unspecified atom stereocenters. The molecule has 4 rings (SSSR count). The van der Waals surface area contributed by atoms with Crippen LogP contribution in [0.2, 0.25) is 0 Å². The van der Waals surface area contributed by atoms with Gasteiger partial charge < -0.3 is 9.52 Å². The number of benzene rings is 2. The molecule has 0 amide bonds. The van der Waals surface area contributed by atoms with Gasteiger partial charge >= 0.3 is 0 Å². The van der Waals surface area contributed by atoms with Crippen molar-refractivity contribution in [3.8, 4) is 17.2 Å². The van der Waals surface area contributed by atoms with Crippen LogP contribution in [-0.4, -0.2) is 39.1 Å². The third-order valence-corrected chi connectivity index (χ3v) is 5.70. The van der Waals surface area contributed by atoms with E-state index in [0.29, 0.717) is 17.3 Å². The van der Waals surface area contributed by atoms with Crippen molar-refractivity contribution in [3.63, 3.8) is 0 Å². The molecule has 2 aromatic carbocycles. The summed E-state index contributed by atoms with van der Waals surface area (Å²) in [5.74, 6) is 1.47. The Balaban J connectivity index is 1.38. The Kier molecular flexibility index (Phi) is 5.45. The number of rotatable bonds is 5. The van der Waals surface area contributed by atoms with Gasteiger partial charge in [0.05, 0.1) is 6.04 Å². The Labute approximate surface area is 170 Å². The zero-order valence-corrected chi connectivity index (χ0v) is 16.7. The number of carbonyl (C=O) groups excluding carboxylic acids is 1. The largest absolute Gasteiger partial charge is 0.508 e. The molecule has 6 heteroatoms. The zero-order valence-electron chi connectivity index (χ0n) is 16.7. The van der Waals surface area contributed by atoms with E-state index in [9.17, 15) is 9.90 Å². The molecule has 0 spiro atoms. The number of aromatic nitrogens is 2. The van der Waals surface area contributed by atoms with E-state index in [4.69, 9.17) is 4.42 Å². The van der Waals surface area contributed by atoms with Crippen LogP contribution in [0, 0.1) is 12.8 Å². The van der Waals surface area contributed by atoms with E-state index in [0.717, 1.165) is 31.5 Å². The molecule has 1 N–H and O–H groups in total. The predicted molar refractivity (Wildman–Crippen MR) is 110 cm³/mol. The molecule has 3 aromatic rings. The van der Waals surface area contributed by atoms with Gasteiger partial charge in [0.1, 0.15) is 5.75 Å². The topological polar surface area (TPSA) is 79.5 Å². The van der Waals surface area contributed by atoms with Gasteiger partial charge in [0.25, 0.3) is 0 Å². The van der Waals surface area contributed by atoms with Crippen LogP contribution in [0.3, 0.4) is 0 Å². The van der Waals surface area contributed by atoms with Crippen molar-refractivity contribution in [1.82, 2.24) is 15.1 Å². The SMILES string of the molecule is Cc1ccc(-c2nnc([C@@H](C)N3CCC(C(=O)c4ccc(O)cc4)CC3)o2)cc1. The first-order valence-corrected chi connectivity index (χ1v) is 9.99. The van der Waals surface area contributed by atoms with Crippen molar-refractivity contribution < 1.29 is 14.3 Å². The summed E-state index contributed by atoms with van der Waals surface area (Å²) in [5.41, 5.74) is 2.76. The van der Waals surface area contributed by atoms with Crippen LogP contribution in [0.15, 0.2) is 52.9 Å². The molecular formula is C23H25N3O3. The quantitative estimate of drug-likeness (QED) is 0.649. The monoisotopic (exact) mass is 391 g/mol. The standard InChI is InChI=1S/C23H25N3O3/c1-15-3-5-19(6-4-15)23-25-24-22(29-23)16(2)26-13-11-18(12-14-26)21(28)17-7-9-20(27)10-8-17/h3-10,16,18,27H,11-14H2,1-2H3/t16-/m1/s1. The third-order valence-electron chi connectivity index (χ3n) is 5.70. The lowest BCUT2D eigenvalue weighted by molar-refractivity contribution is 0.0782. The lowest BCUT2D eigenvalue weighted by Gasteiger charge is -2.34. The van der Waals surface area contributed by atoms with Gasteiger partial charge in [-0.25, -0.2) is 0 Å². The molecule has 0 saturated carbocycles. The van der Waals surface area contributed by atoms with Crippen molar-refractivity contribution in [1.29, 1.82) is 0 Å². The highest BCUT2D eigenvalue weighted by Crippen LogP contribution is 2.29. The van der Waals surface area contributed by atoms with Gasteiger partial charge in [-0.15, -0.1) is 10.2 Å². The zero-order chi connectivity index (χ0) is 20.4. The average Bonchev–Trinajstić information content (AvgIpc) is 3.24. The first-order valence-electron chi connectivity index (χ1n) is 9.99. The Morgan fingerprint density at radius 1 is 1.07 bits per heavy atom. The molecule has 1 aliphatic heterocycles. The molecule has 1 saturated heterocycles. The highest BCUT2D eigenvalue weighted by Gasteiger charge is 2.30. The first-order chi connectivity index (χ1) is 14.0. The molecule has 1 fully saturated rings. The van der Waals surface area contributed by atoms with Crippen molar-refractivity contribution in [2.24, 2.45) is 5.92 Å². The second kappa shape index (κ2) is 8.17. The van der Waals surface area contributed by atoms with E-state index < -0.39 is 0 Å². The molecule has 2 heterocycles. The maximum absolute atomic E-state index is 12.7. The van der Waals surface area contributed by atoms with Gasteiger partial charge in [-0.2, -0.15) is 0 Å². The number of nitrogens with zero attached hydrogens (tertiary/aromatic N) is 3. The number of likely N-dealkylation sites (tertiary alicyclic amines) is 1. The fourth-order valence-electron chi connectivity index (χ4n) is 3.78. The van der Waals surface area contributed by atoms with Crippen LogP contribution in [0.25, 0.3) is 11.5 Å². The summed E-state index contributed by atoms with van der Waals surface area (Å²) in [5, 5.41) is 17.9. The third kappa shape index (κ3) is 4.22. The Morgan fingerprint density at radius 3 is 2.38 bits per heavy atom. The van der Waals surface area contributed by atoms with Gasteiger partial charge in [-0.05, 0) is 76.2 Å². The number of ketones is 1. The molecule has 6 nitrogen and oxygen atoms in total. The molecule has 29 heavy (non-hydrogen) atoms. The van der Waals surface area contributed by atoms with Crippen molar-refractivity contribution in [2.75, 3.05) is 13.1 Å². The highest BCUT2D eigenvalue weighted by molar-refractivity contribution is 5.98. The maximum atomic E-state index is 12.7. The van der Waals surface area contributed by atoms with Gasteiger partial charge in [0.15, 0.2) is 5.78 Å². The van der Waals surface area contributed by atoms with E-state index >= 15 is 0 Å². The lowest BCUT2D eigenvalue weighted by Crippen LogP contribution is -2.38. The smallest absolute Gasteiger partial charge is 0.247 e.